The zero-order chi connectivity index (χ0) is 15.0. The molecule has 2 aliphatic heterocycles. The predicted molar refractivity (Wildman–Crippen MR) is 92.2 cm³/mol. The molecular formula is C19H29OS+. The molecule has 2 saturated heterocycles. The molecule has 3 rings (SSSR count). The summed E-state index contributed by atoms with van der Waals surface area (Å²) in [7, 11) is 2.35. The van der Waals surface area contributed by atoms with E-state index in [2.05, 4.69) is 45.0 Å². The quantitative estimate of drug-likeness (QED) is 0.720. The first-order valence-electron chi connectivity index (χ1n) is 8.34. The van der Waals surface area contributed by atoms with Gasteiger partial charge in [-0.2, -0.15) is 0 Å². The summed E-state index contributed by atoms with van der Waals surface area (Å²) in [6, 6.07) is 9.56. The number of fused-ring (bicyclic) bond motifs is 2. The first-order valence-corrected chi connectivity index (χ1v) is 9.69. The Hall–Kier alpha value is -0.470. The van der Waals surface area contributed by atoms with E-state index in [-0.39, 0.29) is 5.41 Å². The van der Waals surface area contributed by atoms with Gasteiger partial charge in [0.05, 0.1) is 6.10 Å². The van der Waals surface area contributed by atoms with Gasteiger partial charge in [-0.3, -0.25) is 0 Å². The van der Waals surface area contributed by atoms with E-state index in [1.165, 1.54) is 37.7 Å². The van der Waals surface area contributed by atoms with Crippen LogP contribution >= 0.6 is 0 Å². The van der Waals surface area contributed by atoms with Crippen molar-refractivity contribution in [2.24, 2.45) is 0 Å². The van der Waals surface area contributed by atoms with Crippen molar-refractivity contribution in [3.63, 3.8) is 0 Å². The van der Waals surface area contributed by atoms with Crippen LogP contribution in [-0.2, 0) is 21.0 Å². The predicted octanol–water partition coefficient (Wildman–Crippen LogP) is 4.69. The maximum Gasteiger partial charge on any atom is 0.155 e. The standard InChI is InChI=1S/C19H29OS/c1-19(2,3)14-8-10-16(11-9-14)21-17-6-5-7-18(21)13-15(12-17)20-4/h8-11,15,17-18H,5-7,12-13H2,1-4H3/q+1. The molecule has 0 aliphatic carbocycles. The van der Waals surface area contributed by atoms with E-state index in [4.69, 9.17) is 4.74 Å². The Morgan fingerprint density at radius 1 is 1.00 bits per heavy atom. The molecule has 2 atom stereocenters. The summed E-state index contributed by atoms with van der Waals surface area (Å²) in [4.78, 5) is 1.60. The van der Waals surface area contributed by atoms with Gasteiger partial charge in [0.15, 0.2) is 4.90 Å². The van der Waals surface area contributed by atoms with Crippen LogP contribution in [0.2, 0.25) is 0 Å². The number of hydrogen-bond acceptors (Lipinski definition) is 1. The molecule has 0 aromatic heterocycles. The third kappa shape index (κ3) is 3.17. The minimum Gasteiger partial charge on any atom is -0.381 e. The van der Waals surface area contributed by atoms with E-state index in [1.807, 2.05) is 7.11 Å². The van der Waals surface area contributed by atoms with Crippen LogP contribution in [0.5, 0.6) is 0 Å². The molecule has 0 N–H and O–H groups in total. The van der Waals surface area contributed by atoms with Crippen LogP contribution in [0.25, 0.3) is 0 Å². The highest BCUT2D eigenvalue weighted by molar-refractivity contribution is 7.98. The fraction of sp³-hybridized carbons (Fsp3) is 0.684. The lowest BCUT2D eigenvalue weighted by molar-refractivity contribution is 0.0771. The second-order valence-electron chi connectivity index (χ2n) is 7.65. The molecule has 2 fully saturated rings. The molecule has 2 heterocycles. The highest BCUT2D eigenvalue weighted by Gasteiger charge is 2.49. The Morgan fingerprint density at radius 3 is 2.05 bits per heavy atom. The molecule has 1 aromatic carbocycles. The molecule has 0 spiro atoms. The van der Waals surface area contributed by atoms with Gasteiger partial charge < -0.3 is 4.74 Å². The number of benzene rings is 1. The van der Waals surface area contributed by atoms with E-state index in [0.717, 1.165) is 10.5 Å². The van der Waals surface area contributed by atoms with Gasteiger partial charge in [-0.15, -0.1) is 0 Å². The van der Waals surface area contributed by atoms with Gasteiger partial charge in [0.1, 0.15) is 10.5 Å². The van der Waals surface area contributed by atoms with Crippen LogP contribution in [0.15, 0.2) is 29.2 Å². The van der Waals surface area contributed by atoms with Crippen molar-refractivity contribution in [2.75, 3.05) is 7.11 Å². The molecule has 0 amide bonds. The number of methoxy groups -OCH3 is 1. The molecule has 2 heteroatoms. The summed E-state index contributed by atoms with van der Waals surface area (Å²) in [6.07, 6.45) is 7.29. The third-order valence-electron chi connectivity index (χ3n) is 5.15. The van der Waals surface area contributed by atoms with Gasteiger partial charge in [-0.1, -0.05) is 32.9 Å². The van der Waals surface area contributed by atoms with Crippen LogP contribution in [0.4, 0.5) is 0 Å². The van der Waals surface area contributed by atoms with Crippen molar-refractivity contribution in [3.8, 4) is 0 Å². The summed E-state index contributed by atoms with van der Waals surface area (Å²) < 4.78 is 5.68. The molecule has 21 heavy (non-hydrogen) atoms. The zero-order valence-corrected chi connectivity index (χ0v) is 14.7. The summed E-state index contributed by atoms with van der Waals surface area (Å²) in [5.74, 6) is 0. The Kier molecular flexibility index (Phi) is 4.38. The van der Waals surface area contributed by atoms with E-state index >= 15 is 0 Å². The first-order chi connectivity index (χ1) is 9.99. The van der Waals surface area contributed by atoms with Gasteiger partial charge in [0.25, 0.3) is 0 Å². The largest absolute Gasteiger partial charge is 0.381 e. The number of rotatable bonds is 2. The lowest BCUT2D eigenvalue weighted by Crippen LogP contribution is -2.46. The zero-order valence-electron chi connectivity index (χ0n) is 13.9. The first kappa shape index (κ1) is 15.4. The minimum absolute atomic E-state index is 0.255. The smallest absolute Gasteiger partial charge is 0.155 e. The normalized spacial score (nSPS) is 33.0. The highest BCUT2D eigenvalue weighted by Crippen LogP contribution is 2.43. The summed E-state index contributed by atoms with van der Waals surface area (Å²) in [5, 5.41) is 1.73. The van der Waals surface area contributed by atoms with Crippen molar-refractivity contribution in [2.45, 2.75) is 79.8 Å². The van der Waals surface area contributed by atoms with Crippen molar-refractivity contribution >= 4 is 10.9 Å². The number of ether oxygens (including phenoxy) is 1. The number of hydrogen-bond donors (Lipinski definition) is 0. The van der Waals surface area contributed by atoms with Gasteiger partial charge in [-0.25, -0.2) is 0 Å². The van der Waals surface area contributed by atoms with Crippen LogP contribution in [0, 0.1) is 0 Å². The van der Waals surface area contributed by atoms with Gasteiger partial charge in [0, 0.05) is 30.8 Å². The van der Waals surface area contributed by atoms with E-state index in [9.17, 15) is 0 Å². The van der Waals surface area contributed by atoms with Gasteiger partial charge >= 0.3 is 0 Å². The lowest BCUT2D eigenvalue weighted by Gasteiger charge is -2.38. The SMILES string of the molecule is COC1CC2CCCC(C1)[S+]2c1ccc(C(C)(C)C)cc1. The van der Waals surface area contributed by atoms with E-state index in [1.54, 1.807) is 4.90 Å². The molecule has 2 bridgehead atoms. The summed E-state index contributed by atoms with van der Waals surface area (Å²) in [6.45, 7) is 6.88. The molecule has 1 nitrogen and oxygen atoms in total. The molecule has 116 valence electrons. The molecule has 2 unspecified atom stereocenters. The average Bonchev–Trinajstić information content (AvgIpc) is 2.45. The molecule has 0 saturated carbocycles. The highest BCUT2D eigenvalue weighted by atomic mass is 32.2. The summed E-state index contributed by atoms with van der Waals surface area (Å²) >= 11 is 0. The summed E-state index contributed by atoms with van der Waals surface area (Å²) in [5.41, 5.74) is 1.71. The maximum absolute atomic E-state index is 5.68. The van der Waals surface area contributed by atoms with Gasteiger partial charge in [0.2, 0.25) is 0 Å². The Bertz CT molecular complexity index is 459. The fourth-order valence-corrected chi connectivity index (χ4v) is 7.36. The van der Waals surface area contributed by atoms with E-state index < -0.39 is 0 Å². The van der Waals surface area contributed by atoms with Crippen LogP contribution in [-0.4, -0.2) is 23.7 Å². The van der Waals surface area contributed by atoms with Crippen LogP contribution in [0.1, 0.15) is 58.4 Å². The minimum atomic E-state index is 0.255. The molecular weight excluding hydrogens is 276 g/mol. The molecule has 1 aromatic rings. The lowest BCUT2D eigenvalue weighted by atomic mass is 9.87. The Balaban J connectivity index is 1.83. The van der Waals surface area contributed by atoms with Crippen molar-refractivity contribution in [3.05, 3.63) is 29.8 Å². The van der Waals surface area contributed by atoms with Crippen molar-refractivity contribution in [1.29, 1.82) is 0 Å². The molecule has 2 aliphatic rings. The van der Waals surface area contributed by atoms with Crippen molar-refractivity contribution in [1.82, 2.24) is 0 Å². The Morgan fingerprint density at radius 2 is 1.57 bits per heavy atom. The fourth-order valence-electron chi connectivity index (χ4n) is 3.91. The third-order valence-corrected chi connectivity index (χ3v) is 8.26. The van der Waals surface area contributed by atoms with Crippen molar-refractivity contribution < 1.29 is 4.74 Å². The van der Waals surface area contributed by atoms with Crippen LogP contribution < -0.4 is 0 Å². The second-order valence-corrected chi connectivity index (χ2v) is 10.2. The Labute approximate surface area is 132 Å². The topological polar surface area (TPSA) is 9.23 Å². The molecule has 0 radical (unpaired) electrons. The monoisotopic (exact) mass is 305 g/mol. The van der Waals surface area contributed by atoms with E-state index in [0.29, 0.717) is 17.0 Å². The second kappa shape index (κ2) is 5.96. The van der Waals surface area contributed by atoms with Gasteiger partial charge in [-0.05, 0) is 42.4 Å². The maximum atomic E-state index is 5.68. The van der Waals surface area contributed by atoms with Crippen LogP contribution in [0.3, 0.4) is 0 Å². The average molecular weight is 306 g/mol.